The molecule has 0 aliphatic rings. The van der Waals surface area contributed by atoms with E-state index in [1.807, 2.05) is 0 Å². The van der Waals surface area contributed by atoms with Crippen LogP contribution >= 0.6 is 15.9 Å². The Kier molecular flexibility index (Phi) is 5.87. The first kappa shape index (κ1) is 15.5. The molecular weight excluding hydrogens is 318 g/mol. The lowest BCUT2D eigenvalue weighted by Crippen LogP contribution is -2.36. The number of amides is 1. The van der Waals surface area contributed by atoms with Crippen LogP contribution in [0.5, 0.6) is 0 Å². The van der Waals surface area contributed by atoms with E-state index in [9.17, 15) is 14.9 Å². The van der Waals surface area contributed by atoms with Crippen LogP contribution in [0.4, 0.5) is 11.4 Å². The fraction of sp³-hybridized carbons (Fsp3) is 0.364. The number of nitro groups is 1. The topological polar surface area (TPSA) is 107 Å². The third-order valence-corrected chi connectivity index (χ3v) is 3.02. The highest BCUT2D eigenvalue weighted by atomic mass is 79.9. The Labute approximate surface area is 118 Å². The first-order valence-corrected chi connectivity index (χ1v) is 6.24. The van der Waals surface area contributed by atoms with Gasteiger partial charge in [-0.15, -0.1) is 0 Å². The molecule has 1 aromatic carbocycles. The number of nitro benzene ring substituents is 1. The van der Waals surface area contributed by atoms with Crippen molar-refractivity contribution in [2.75, 3.05) is 19.0 Å². The summed E-state index contributed by atoms with van der Waals surface area (Å²) in [4.78, 5) is 21.8. The van der Waals surface area contributed by atoms with Crippen LogP contribution in [0.3, 0.4) is 0 Å². The smallest absolute Gasteiger partial charge is 0.283 e. The van der Waals surface area contributed by atoms with Crippen molar-refractivity contribution in [3.8, 4) is 0 Å². The van der Waals surface area contributed by atoms with Gasteiger partial charge in [0.15, 0.2) is 0 Å². The maximum atomic E-state index is 11.7. The lowest BCUT2D eigenvalue weighted by atomic mass is 10.2. The highest BCUT2D eigenvalue weighted by Gasteiger charge is 2.16. The summed E-state index contributed by atoms with van der Waals surface area (Å²) in [6.45, 7) is 0.387. The highest BCUT2D eigenvalue weighted by molar-refractivity contribution is 9.10. The molecule has 1 rings (SSSR count). The number of halogens is 1. The van der Waals surface area contributed by atoms with E-state index in [-0.39, 0.29) is 11.6 Å². The maximum Gasteiger partial charge on any atom is 0.283 e. The summed E-state index contributed by atoms with van der Waals surface area (Å²) < 4.78 is 5.12. The molecule has 0 radical (unpaired) electrons. The number of hydrogen-bond acceptors (Lipinski definition) is 5. The predicted octanol–water partition coefficient (Wildman–Crippen LogP) is 1.66. The van der Waals surface area contributed by atoms with Crippen molar-refractivity contribution >= 4 is 33.2 Å². The van der Waals surface area contributed by atoms with Gasteiger partial charge in [-0.1, -0.05) is 0 Å². The molecule has 1 aromatic rings. The van der Waals surface area contributed by atoms with Gasteiger partial charge in [-0.25, -0.2) is 0 Å². The van der Waals surface area contributed by atoms with Gasteiger partial charge in [-0.3, -0.25) is 14.9 Å². The molecule has 0 aliphatic carbocycles. The Balaban J connectivity index is 2.70. The molecule has 0 spiro atoms. The molecular formula is C11H14BrN3O4. The molecule has 19 heavy (non-hydrogen) atoms. The van der Waals surface area contributed by atoms with Crippen molar-refractivity contribution in [1.82, 2.24) is 0 Å². The first-order valence-electron chi connectivity index (χ1n) is 5.45. The minimum atomic E-state index is -0.686. The number of ether oxygens (including phenoxy) is 1. The first-order chi connectivity index (χ1) is 8.95. The fourth-order valence-corrected chi connectivity index (χ4v) is 1.87. The number of anilines is 1. The number of nitrogens with zero attached hydrogens (tertiary/aromatic N) is 1. The van der Waals surface area contributed by atoms with Gasteiger partial charge in [-0.2, -0.15) is 0 Å². The zero-order chi connectivity index (χ0) is 14.4. The van der Waals surface area contributed by atoms with Crippen LogP contribution in [0, 0.1) is 10.1 Å². The fourth-order valence-electron chi connectivity index (χ4n) is 1.34. The molecule has 1 amide bonds. The molecule has 0 heterocycles. The third-order valence-electron chi connectivity index (χ3n) is 2.38. The second-order valence-electron chi connectivity index (χ2n) is 3.80. The average molecular weight is 332 g/mol. The predicted molar refractivity (Wildman–Crippen MR) is 73.9 cm³/mol. The monoisotopic (exact) mass is 331 g/mol. The SMILES string of the molecule is COCCC(N)C(=O)Nc1ccc([N+](=O)[O-])c(Br)c1. The summed E-state index contributed by atoms with van der Waals surface area (Å²) >= 11 is 3.07. The number of nitrogens with one attached hydrogen (secondary N) is 1. The van der Waals surface area contributed by atoms with E-state index in [4.69, 9.17) is 10.5 Å². The van der Waals surface area contributed by atoms with Crippen LogP contribution in [0.2, 0.25) is 0 Å². The van der Waals surface area contributed by atoms with Crippen LogP contribution in [0.25, 0.3) is 0 Å². The van der Waals surface area contributed by atoms with Gasteiger partial charge in [0.2, 0.25) is 5.91 Å². The summed E-state index contributed by atoms with van der Waals surface area (Å²) in [7, 11) is 1.53. The maximum absolute atomic E-state index is 11.7. The summed E-state index contributed by atoms with van der Waals surface area (Å²) in [6, 6.07) is 3.53. The summed E-state index contributed by atoms with van der Waals surface area (Å²) in [5, 5.41) is 13.2. The molecule has 104 valence electrons. The standard InChI is InChI=1S/C11H14BrN3O4/c1-19-5-4-9(13)11(16)14-7-2-3-10(15(17)18)8(12)6-7/h2-3,6,9H,4-5,13H2,1H3,(H,14,16). The molecule has 0 bridgehead atoms. The van der Waals surface area contributed by atoms with Crippen LogP contribution in [0.1, 0.15) is 6.42 Å². The summed E-state index contributed by atoms with van der Waals surface area (Å²) in [6.07, 6.45) is 0.399. The average Bonchev–Trinajstić information content (AvgIpc) is 2.35. The number of carbonyl (C=O) groups excluding carboxylic acids is 1. The van der Waals surface area contributed by atoms with E-state index in [1.54, 1.807) is 0 Å². The Bertz CT molecular complexity index is 481. The Morgan fingerprint density at radius 1 is 1.63 bits per heavy atom. The van der Waals surface area contributed by atoms with E-state index >= 15 is 0 Å². The zero-order valence-corrected chi connectivity index (χ0v) is 11.8. The largest absolute Gasteiger partial charge is 0.385 e. The number of carbonyl (C=O) groups is 1. The van der Waals surface area contributed by atoms with Crippen molar-refractivity contribution in [2.24, 2.45) is 5.73 Å². The Hall–Kier alpha value is -1.51. The molecule has 0 saturated heterocycles. The minimum absolute atomic E-state index is 0.0679. The Morgan fingerprint density at radius 3 is 2.84 bits per heavy atom. The molecule has 8 heteroatoms. The van der Waals surface area contributed by atoms with Gasteiger partial charge in [0.1, 0.15) is 0 Å². The second-order valence-corrected chi connectivity index (χ2v) is 4.65. The molecule has 0 aliphatic heterocycles. The van der Waals surface area contributed by atoms with Crippen LogP contribution in [0.15, 0.2) is 22.7 Å². The third kappa shape index (κ3) is 4.58. The van der Waals surface area contributed by atoms with Gasteiger partial charge < -0.3 is 15.8 Å². The molecule has 0 aromatic heterocycles. The second kappa shape index (κ2) is 7.17. The quantitative estimate of drug-likeness (QED) is 0.608. The number of benzene rings is 1. The molecule has 0 saturated carbocycles. The molecule has 1 atom stereocenters. The lowest BCUT2D eigenvalue weighted by molar-refractivity contribution is -0.385. The lowest BCUT2D eigenvalue weighted by Gasteiger charge is -2.11. The van der Waals surface area contributed by atoms with Gasteiger partial charge in [0, 0.05) is 25.5 Å². The van der Waals surface area contributed by atoms with E-state index < -0.39 is 11.0 Å². The van der Waals surface area contributed by atoms with E-state index in [0.717, 1.165) is 0 Å². The van der Waals surface area contributed by atoms with Crippen LogP contribution in [-0.2, 0) is 9.53 Å². The molecule has 3 N–H and O–H groups in total. The van der Waals surface area contributed by atoms with Crippen molar-refractivity contribution in [1.29, 1.82) is 0 Å². The normalized spacial score (nSPS) is 11.9. The molecule has 7 nitrogen and oxygen atoms in total. The van der Waals surface area contributed by atoms with Crippen molar-refractivity contribution in [3.63, 3.8) is 0 Å². The van der Waals surface area contributed by atoms with E-state index in [2.05, 4.69) is 21.2 Å². The number of rotatable bonds is 6. The van der Waals surface area contributed by atoms with E-state index in [1.165, 1.54) is 25.3 Å². The summed E-state index contributed by atoms with van der Waals surface area (Å²) in [5.41, 5.74) is 6.03. The minimum Gasteiger partial charge on any atom is -0.385 e. The number of nitrogens with two attached hydrogens (primary N) is 1. The molecule has 0 fully saturated rings. The van der Waals surface area contributed by atoms with Gasteiger partial charge >= 0.3 is 0 Å². The Morgan fingerprint density at radius 2 is 2.32 bits per heavy atom. The van der Waals surface area contributed by atoms with E-state index in [0.29, 0.717) is 23.2 Å². The number of methoxy groups -OCH3 is 1. The van der Waals surface area contributed by atoms with Crippen LogP contribution < -0.4 is 11.1 Å². The van der Waals surface area contributed by atoms with Gasteiger partial charge in [-0.05, 0) is 34.5 Å². The van der Waals surface area contributed by atoms with Gasteiger partial charge in [0.05, 0.1) is 15.4 Å². The molecule has 1 unspecified atom stereocenters. The zero-order valence-electron chi connectivity index (χ0n) is 10.3. The van der Waals surface area contributed by atoms with Crippen molar-refractivity contribution in [2.45, 2.75) is 12.5 Å². The van der Waals surface area contributed by atoms with Crippen molar-refractivity contribution < 1.29 is 14.5 Å². The van der Waals surface area contributed by atoms with Gasteiger partial charge in [0.25, 0.3) is 5.69 Å². The number of hydrogen-bond donors (Lipinski definition) is 2. The van der Waals surface area contributed by atoms with Crippen molar-refractivity contribution in [3.05, 3.63) is 32.8 Å². The summed E-state index contributed by atoms with van der Waals surface area (Å²) in [5.74, 6) is -0.363. The highest BCUT2D eigenvalue weighted by Crippen LogP contribution is 2.27. The van der Waals surface area contributed by atoms with Crippen LogP contribution in [-0.4, -0.2) is 30.6 Å².